The van der Waals surface area contributed by atoms with Gasteiger partial charge in [0, 0.05) is 30.3 Å². The lowest BCUT2D eigenvalue weighted by molar-refractivity contribution is -0.139. The number of thioether (sulfide) groups is 1. The molecule has 0 unspecified atom stereocenters. The fourth-order valence-electron chi connectivity index (χ4n) is 3.67. The first-order valence-corrected chi connectivity index (χ1v) is 13.1. The summed E-state index contributed by atoms with van der Waals surface area (Å²) in [4.78, 5) is 28.5. The molecule has 1 atom stereocenters. The highest BCUT2D eigenvalue weighted by molar-refractivity contribution is 7.99. The van der Waals surface area contributed by atoms with Crippen molar-refractivity contribution in [2.75, 3.05) is 12.3 Å². The fourth-order valence-corrected chi connectivity index (χ4v) is 4.74. The predicted molar refractivity (Wildman–Crippen MR) is 142 cm³/mol. The summed E-state index contributed by atoms with van der Waals surface area (Å²) in [6.45, 7) is 2.99. The smallest absolute Gasteiger partial charge is 0.243 e. The van der Waals surface area contributed by atoms with Crippen LogP contribution in [0.15, 0.2) is 84.9 Å². The maximum Gasteiger partial charge on any atom is 0.243 e. The van der Waals surface area contributed by atoms with Gasteiger partial charge < -0.3 is 10.2 Å². The minimum absolute atomic E-state index is 0.0524. The summed E-state index contributed by atoms with van der Waals surface area (Å²) in [5.41, 5.74) is 3.09. The molecule has 6 heteroatoms. The van der Waals surface area contributed by atoms with E-state index in [4.69, 9.17) is 11.6 Å². The van der Waals surface area contributed by atoms with E-state index < -0.39 is 6.04 Å². The lowest BCUT2D eigenvalue weighted by Crippen LogP contribution is -2.51. The van der Waals surface area contributed by atoms with Crippen molar-refractivity contribution in [3.63, 3.8) is 0 Å². The molecule has 0 aliphatic carbocycles. The Morgan fingerprint density at radius 3 is 2.21 bits per heavy atom. The number of halogens is 1. The van der Waals surface area contributed by atoms with E-state index in [2.05, 4.69) is 5.32 Å². The number of amides is 2. The molecule has 1 N–H and O–H groups in total. The number of carbonyl (C=O) groups excluding carboxylic acids is 2. The van der Waals surface area contributed by atoms with Gasteiger partial charge in [-0.05, 0) is 35.2 Å². The quantitative estimate of drug-likeness (QED) is 0.349. The summed E-state index contributed by atoms with van der Waals surface area (Å²) in [5, 5.41) is 3.69. The van der Waals surface area contributed by atoms with Crippen LogP contribution in [-0.4, -0.2) is 35.1 Å². The van der Waals surface area contributed by atoms with Crippen LogP contribution in [0.1, 0.15) is 30.0 Å². The number of hydrogen-bond donors (Lipinski definition) is 1. The van der Waals surface area contributed by atoms with Gasteiger partial charge in [-0.25, -0.2) is 0 Å². The Labute approximate surface area is 211 Å². The first-order chi connectivity index (χ1) is 16.6. The summed E-state index contributed by atoms with van der Waals surface area (Å²) >= 11 is 7.63. The standard InChI is InChI=1S/C28H31ClN2O2S/c1-2-16-30-28(33)26(18-22-10-5-3-6-11-22)31(19-23-12-7-4-8-13-23)27(32)21-34-20-24-14-9-15-25(29)17-24/h3-15,17,26H,2,16,18-21H2,1H3,(H,30,33)/t26-/m1/s1. The summed E-state index contributed by atoms with van der Waals surface area (Å²) < 4.78 is 0. The van der Waals surface area contributed by atoms with Gasteiger partial charge in [0.1, 0.15) is 6.04 Å². The third-order valence-electron chi connectivity index (χ3n) is 5.40. The molecule has 0 radical (unpaired) electrons. The van der Waals surface area contributed by atoms with E-state index in [1.807, 2.05) is 91.9 Å². The van der Waals surface area contributed by atoms with Crippen LogP contribution < -0.4 is 5.32 Å². The minimum atomic E-state index is -0.589. The average molecular weight is 495 g/mol. The third kappa shape index (κ3) is 8.23. The molecule has 0 fully saturated rings. The van der Waals surface area contributed by atoms with Crippen molar-refractivity contribution < 1.29 is 9.59 Å². The molecule has 0 saturated heterocycles. The molecule has 0 aromatic heterocycles. The summed E-state index contributed by atoms with van der Waals surface area (Å²) in [6.07, 6.45) is 1.31. The summed E-state index contributed by atoms with van der Waals surface area (Å²) in [6, 6.07) is 26.8. The zero-order valence-electron chi connectivity index (χ0n) is 19.5. The van der Waals surface area contributed by atoms with Crippen molar-refractivity contribution in [1.82, 2.24) is 10.2 Å². The van der Waals surface area contributed by atoms with E-state index in [0.29, 0.717) is 30.3 Å². The molecule has 178 valence electrons. The average Bonchev–Trinajstić information content (AvgIpc) is 2.86. The molecule has 3 aromatic carbocycles. The lowest BCUT2D eigenvalue weighted by Gasteiger charge is -2.31. The summed E-state index contributed by atoms with van der Waals surface area (Å²) in [7, 11) is 0. The molecule has 0 heterocycles. The Bertz CT molecular complexity index is 1050. The van der Waals surface area contributed by atoms with Crippen molar-refractivity contribution in [3.8, 4) is 0 Å². The SMILES string of the molecule is CCCNC(=O)[C@@H](Cc1ccccc1)N(Cc1ccccc1)C(=O)CSCc1cccc(Cl)c1. The van der Waals surface area contributed by atoms with E-state index in [9.17, 15) is 9.59 Å². The Kier molecular flexibility index (Phi) is 10.5. The van der Waals surface area contributed by atoms with Crippen LogP contribution in [0.3, 0.4) is 0 Å². The van der Waals surface area contributed by atoms with Crippen LogP contribution in [0.25, 0.3) is 0 Å². The van der Waals surface area contributed by atoms with Crippen LogP contribution in [0.5, 0.6) is 0 Å². The molecule has 3 rings (SSSR count). The molecular formula is C28H31ClN2O2S. The van der Waals surface area contributed by atoms with E-state index in [-0.39, 0.29) is 17.6 Å². The van der Waals surface area contributed by atoms with Gasteiger partial charge in [-0.2, -0.15) is 0 Å². The highest BCUT2D eigenvalue weighted by Gasteiger charge is 2.30. The van der Waals surface area contributed by atoms with Gasteiger partial charge >= 0.3 is 0 Å². The molecule has 0 aliphatic heterocycles. The zero-order valence-corrected chi connectivity index (χ0v) is 21.0. The number of nitrogens with one attached hydrogen (secondary N) is 1. The molecule has 0 aliphatic rings. The number of hydrogen-bond acceptors (Lipinski definition) is 3. The van der Waals surface area contributed by atoms with Crippen molar-refractivity contribution in [3.05, 3.63) is 107 Å². The Balaban J connectivity index is 1.80. The van der Waals surface area contributed by atoms with Gasteiger partial charge in [-0.1, -0.05) is 91.3 Å². The molecule has 0 spiro atoms. The van der Waals surface area contributed by atoms with Gasteiger partial charge in [0.25, 0.3) is 0 Å². The minimum Gasteiger partial charge on any atom is -0.354 e. The molecular weight excluding hydrogens is 464 g/mol. The van der Waals surface area contributed by atoms with Gasteiger partial charge in [0.05, 0.1) is 5.75 Å². The number of nitrogens with zero attached hydrogens (tertiary/aromatic N) is 1. The molecule has 2 amide bonds. The first kappa shape index (κ1) is 25.9. The van der Waals surface area contributed by atoms with Crippen LogP contribution in [0, 0.1) is 0 Å². The van der Waals surface area contributed by atoms with Crippen LogP contribution in [-0.2, 0) is 28.3 Å². The highest BCUT2D eigenvalue weighted by Crippen LogP contribution is 2.20. The molecule has 0 saturated carbocycles. The molecule has 4 nitrogen and oxygen atoms in total. The van der Waals surface area contributed by atoms with E-state index in [1.54, 1.807) is 4.90 Å². The Morgan fingerprint density at radius 2 is 1.56 bits per heavy atom. The summed E-state index contributed by atoms with van der Waals surface area (Å²) in [5.74, 6) is 0.793. The molecule has 0 bridgehead atoms. The van der Waals surface area contributed by atoms with Gasteiger partial charge in [-0.3, -0.25) is 9.59 Å². The van der Waals surface area contributed by atoms with E-state index >= 15 is 0 Å². The second kappa shape index (κ2) is 13.8. The number of carbonyl (C=O) groups is 2. The topological polar surface area (TPSA) is 49.4 Å². The highest BCUT2D eigenvalue weighted by atomic mass is 35.5. The molecule has 34 heavy (non-hydrogen) atoms. The van der Waals surface area contributed by atoms with Gasteiger partial charge in [0.15, 0.2) is 0 Å². The van der Waals surface area contributed by atoms with Gasteiger partial charge in [-0.15, -0.1) is 11.8 Å². The van der Waals surface area contributed by atoms with Crippen molar-refractivity contribution in [2.24, 2.45) is 0 Å². The van der Waals surface area contributed by atoms with Crippen molar-refractivity contribution >= 4 is 35.2 Å². The van der Waals surface area contributed by atoms with E-state index in [0.717, 1.165) is 23.1 Å². The van der Waals surface area contributed by atoms with Crippen LogP contribution in [0.2, 0.25) is 5.02 Å². The fraction of sp³-hybridized carbons (Fsp3) is 0.286. The number of rotatable bonds is 12. The third-order valence-corrected chi connectivity index (χ3v) is 6.62. The predicted octanol–water partition coefficient (Wildman–Crippen LogP) is 5.74. The lowest BCUT2D eigenvalue weighted by atomic mass is 10.0. The second-order valence-electron chi connectivity index (χ2n) is 8.13. The molecule has 3 aromatic rings. The van der Waals surface area contributed by atoms with E-state index in [1.165, 1.54) is 11.8 Å². The maximum atomic E-state index is 13.5. The van der Waals surface area contributed by atoms with Crippen molar-refractivity contribution in [2.45, 2.75) is 38.1 Å². The van der Waals surface area contributed by atoms with Crippen LogP contribution in [0.4, 0.5) is 0 Å². The largest absolute Gasteiger partial charge is 0.354 e. The van der Waals surface area contributed by atoms with Crippen molar-refractivity contribution in [1.29, 1.82) is 0 Å². The first-order valence-electron chi connectivity index (χ1n) is 11.5. The Morgan fingerprint density at radius 1 is 0.912 bits per heavy atom. The maximum absolute atomic E-state index is 13.5. The van der Waals surface area contributed by atoms with Crippen LogP contribution >= 0.6 is 23.4 Å². The monoisotopic (exact) mass is 494 g/mol. The second-order valence-corrected chi connectivity index (χ2v) is 9.55. The number of benzene rings is 3. The Hall–Kier alpha value is -2.76. The van der Waals surface area contributed by atoms with Gasteiger partial charge in [0.2, 0.25) is 11.8 Å². The normalized spacial score (nSPS) is 11.6. The zero-order chi connectivity index (χ0) is 24.2.